The Morgan fingerprint density at radius 1 is 1.46 bits per heavy atom. The molecule has 0 saturated heterocycles. The smallest absolute Gasteiger partial charge is 0.309 e. The third-order valence-electron chi connectivity index (χ3n) is 1.46. The van der Waals surface area contributed by atoms with Gasteiger partial charge >= 0.3 is 7.60 Å². The molecule has 0 aromatic heterocycles. The van der Waals surface area contributed by atoms with Gasteiger partial charge in [-0.25, -0.2) is 0 Å². The Hall–Kier alpha value is -0.620. The molecule has 0 heterocycles. The second-order valence-electron chi connectivity index (χ2n) is 2.34. The van der Waals surface area contributed by atoms with E-state index in [1.165, 1.54) is 20.0 Å². The molecule has 0 amide bonds. The van der Waals surface area contributed by atoms with Crippen molar-refractivity contribution >= 4 is 7.60 Å². The molecule has 0 aliphatic heterocycles. The zero-order chi connectivity index (χ0) is 10.2. The molecule has 0 aliphatic rings. The highest BCUT2D eigenvalue weighted by molar-refractivity contribution is 7.57. The van der Waals surface area contributed by atoms with Crippen molar-refractivity contribution < 1.29 is 13.6 Å². The van der Waals surface area contributed by atoms with Crippen LogP contribution in [-0.2, 0) is 13.6 Å². The lowest BCUT2D eigenvalue weighted by Crippen LogP contribution is -1.83. The minimum atomic E-state index is -2.99. The van der Waals surface area contributed by atoms with Crippen LogP contribution >= 0.6 is 7.60 Å². The van der Waals surface area contributed by atoms with Crippen LogP contribution in [0.15, 0.2) is 11.9 Å². The van der Waals surface area contributed by atoms with E-state index in [1.807, 2.05) is 6.07 Å². The van der Waals surface area contributed by atoms with Gasteiger partial charge in [0.05, 0.1) is 6.07 Å². The molecule has 0 radical (unpaired) electrons. The Labute approximate surface area is 78.7 Å². The molecule has 0 aromatic carbocycles. The summed E-state index contributed by atoms with van der Waals surface area (Å²) in [6.45, 7) is 0. The number of nitriles is 1. The predicted octanol–water partition coefficient (Wildman–Crippen LogP) is 2.68. The molecule has 0 rings (SSSR count). The Morgan fingerprint density at radius 3 is 2.54 bits per heavy atom. The fraction of sp³-hybridized carbons (Fsp3) is 0.625. The standard InChI is InChI=1S/C8H14NO3P/c1-11-13(10,12-2)8-6-4-3-5-7-9/h6,8H,3-5H2,1-2H3/b8-6+. The molecule has 0 N–H and O–H groups in total. The van der Waals surface area contributed by atoms with Gasteiger partial charge in [0.15, 0.2) is 0 Å². The van der Waals surface area contributed by atoms with Gasteiger partial charge in [0.25, 0.3) is 0 Å². The van der Waals surface area contributed by atoms with Crippen LogP contribution in [0.25, 0.3) is 0 Å². The van der Waals surface area contributed by atoms with E-state index >= 15 is 0 Å². The zero-order valence-electron chi connectivity index (χ0n) is 7.90. The summed E-state index contributed by atoms with van der Waals surface area (Å²) in [7, 11) is -0.319. The summed E-state index contributed by atoms with van der Waals surface area (Å²) in [4.78, 5) is 0. The van der Waals surface area contributed by atoms with E-state index < -0.39 is 7.60 Å². The maximum atomic E-state index is 11.4. The second-order valence-corrected chi connectivity index (χ2v) is 4.45. The van der Waals surface area contributed by atoms with E-state index in [9.17, 15) is 4.57 Å². The summed E-state index contributed by atoms with van der Waals surface area (Å²) < 4.78 is 20.7. The lowest BCUT2D eigenvalue weighted by Gasteiger charge is -2.07. The Morgan fingerprint density at radius 2 is 2.08 bits per heavy atom. The predicted molar refractivity (Wildman–Crippen MR) is 50.2 cm³/mol. The summed E-state index contributed by atoms with van der Waals surface area (Å²) >= 11 is 0. The fourth-order valence-electron chi connectivity index (χ4n) is 0.699. The summed E-state index contributed by atoms with van der Waals surface area (Å²) in [5.74, 6) is 1.42. The van der Waals surface area contributed by atoms with Crippen molar-refractivity contribution in [3.63, 3.8) is 0 Å². The molecule has 5 heteroatoms. The van der Waals surface area contributed by atoms with Crippen molar-refractivity contribution in [3.8, 4) is 6.07 Å². The number of allylic oxidation sites excluding steroid dienone is 1. The van der Waals surface area contributed by atoms with Gasteiger partial charge in [0.1, 0.15) is 0 Å². The van der Waals surface area contributed by atoms with Crippen LogP contribution in [-0.4, -0.2) is 14.2 Å². The molecule has 4 nitrogen and oxygen atoms in total. The second kappa shape index (κ2) is 6.85. The summed E-state index contributed by atoms with van der Waals surface area (Å²) in [6.07, 6.45) is 3.70. The SMILES string of the molecule is COP(=O)(/C=C/CCCC#N)OC. The van der Waals surface area contributed by atoms with Gasteiger partial charge < -0.3 is 9.05 Å². The highest BCUT2D eigenvalue weighted by Crippen LogP contribution is 2.47. The minimum Gasteiger partial charge on any atom is -0.309 e. The zero-order valence-corrected chi connectivity index (χ0v) is 8.79. The highest BCUT2D eigenvalue weighted by Gasteiger charge is 2.14. The molecular formula is C8H14NO3P. The number of hydrogen-bond donors (Lipinski definition) is 0. The maximum Gasteiger partial charge on any atom is 0.353 e. The lowest BCUT2D eigenvalue weighted by atomic mass is 10.2. The van der Waals surface area contributed by atoms with Crippen LogP contribution in [0.4, 0.5) is 0 Å². The number of nitrogens with zero attached hydrogens (tertiary/aromatic N) is 1. The van der Waals surface area contributed by atoms with E-state index in [4.69, 9.17) is 5.26 Å². The number of hydrogen-bond acceptors (Lipinski definition) is 4. The lowest BCUT2D eigenvalue weighted by molar-refractivity contribution is 0.286. The molecule has 0 unspecified atom stereocenters. The topological polar surface area (TPSA) is 59.3 Å². The molecule has 0 saturated carbocycles. The number of unbranched alkanes of at least 4 members (excludes halogenated alkanes) is 2. The third kappa shape index (κ3) is 5.59. The molecule has 0 fully saturated rings. The fourth-order valence-corrected chi connectivity index (χ4v) is 1.50. The normalized spacial score (nSPS) is 11.8. The molecule has 0 aromatic rings. The quantitative estimate of drug-likeness (QED) is 0.491. The van der Waals surface area contributed by atoms with Crippen LogP contribution in [0.2, 0.25) is 0 Å². The first kappa shape index (κ1) is 12.4. The van der Waals surface area contributed by atoms with E-state index in [2.05, 4.69) is 9.05 Å². The van der Waals surface area contributed by atoms with Crippen molar-refractivity contribution in [3.05, 3.63) is 11.9 Å². The van der Waals surface area contributed by atoms with Gasteiger partial charge in [-0.1, -0.05) is 6.08 Å². The van der Waals surface area contributed by atoms with E-state index in [0.717, 1.165) is 6.42 Å². The van der Waals surface area contributed by atoms with Gasteiger partial charge in [-0.2, -0.15) is 5.26 Å². The van der Waals surface area contributed by atoms with Crippen LogP contribution in [0.1, 0.15) is 19.3 Å². The Bertz CT molecular complexity index is 236. The molecule has 74 valence electrons. The largest absolute Gasteiger partial charge is 0.353 e. The van der Waals surface area contributed by atoms with Gasteiger partial charge in [-0.3, -0.25) is 4.57 Å². The van der Waals surface area contributed by atoms with Crippen molar-refractivity contribution in [2.24, 2.45) is 0 Å². The van der Waals surface area contributed by atoms with Crippen LogP contribution in [0.5, 0.6) is 0 Å². The van der Waals surface area contributed by atoms with E-state index in [-0.39, 0.29) is 0 Å². The molecule has 0 bridgehead atoms. The van der Waals surface area contributed by atoms with Gasteiger partial charge in [-0.15, -0.1) is 0 Å². The van der Waals surface area contributed by atoms with Crippen molar-refractivity contribution in [1.82, 2.24) is 0 Å². The molecule has 0 spiro atoms. The van der Waals surface area contributed by atoms with Crippen molar-refractivity contribution in [2.75, 3.05) is 14.2 Å². The molecule has 13 heavy (non-hydrogen) atoms. The molecule has 0 aliphatic carbocycles. The average Bonchev–Trinajstić information content (AvgIpc) is 2.17. The van der Waals surface area contributed by atoms with Crippen LogP contribution < -0.4 is 0 Å². The van der Waals surface area contributed by atoms with E-state index in [0.29, 0.717) is 12.8 Å². The third-order valence-corrected chi connectivity index (χ3v) is 3.05. The molecular weight excluding hydrogens is 189 g/mol. The summed E-state index contributed by atoms with van der Waals surface area (Å²) in [5, 5.41) is 8.24. The summed E-state index contributed by atoms with van der Waals surface area (Å²) in [6, 6.07) is 2.03. The monoisotopic (exact) mass is 203 g/mol. The first-order chi connectivity index (χ1) is 6.18. The van der Waals surface area contributed by atoms with E-state index in [1.54, 1.807) is 6.08 Å². The summed E-state index contributed by atoms with van der Waals surface area (Å²) in [5.41, 5.74) is 0. The van der Waals surface area contributed by atoms with Gasteiger partial charge in [0.2, 0.25) is 0 Å². The molecule has 0 atom stereocenters. The Balaban J connectivity index is 3.83. The first-order valence-corrected chi connectivity index (χ1v) is 5.55. The van der Waals surface area contributed by atoms with Crippen LogP contribution in [0.3, 0.4) is 0 Å². The average molecular weight is 203 g/mol. The minimum absolute atomic E-state index is 0.509. The Kier molecular flexibility index (Phi) is 6.52. The highest BCUT2D eigenvalue weighted by atomic mass is 31.2. The first-order valence-electron chi connectivity index (χ1n) is 3.94. The van der Waals surface area contributed by atoms with Gasteiger partial charge in [0, 0.05) is 26.5 Å². The maximum absolute atomic E-state index is 11.4. The van der Waals surface area contributed by atoms with Crippen molar-refractivity contribution in [1.29, 1.82) is 5.26 Å². The van der Waals surface area contributed by atoms with Crippen LogP contribution in [0, 0.1) is 11.3 Å². The van der Waals surface area contributed by atoms with Gasteiger partial charge in [-0.05, 0) is 12.8 Å². The number of rotatable bonds is 6. The van der Waals surface area contributed by atoms with Crippen molar-refractivity contribution in [2.45, 2.75) is 19.3 Å².